The van der Waals surface area contributed by atoms with Crippen LogP contribution < -0.4 is 20.5 Å². The predicted molar refractivity (Wildman–Crippen MR) is 77.9 cm³/mol. The number of phenolic OH excluding ortho intramolecular Hbond substituents is 1. The number of aromatic hydroxyl groups is 1. The van der Waals surface area contributed by atoms with E-state index in [-0.39, 0.29) is 11.7 Å². The van der Waals surface area contributed by atoms with Gasteiger partial charge in [-0.2, -0.15) is 0 Å². The number of rotatable bonds is 2. The normalized spacial score (nSPS) is 12.8. The van der Waals surface area contributed by atoms with E-state index in [0.29, 0.717) is 41.7 Å². The second kappa shape index (κ2) is 5.24. The molecule has 1 heterocycles. The molecule has 1 aliphatic rings. The summed E-state index contributed by atoms with van der Waals surface area (Å²) in [6, 6.07) is 9.32. The maximum Gasteiger partial charge on any atom is 0.255 e. The predicted octanol–water partition coefficient (Wildman–Crippen LogP) is 2.00. The van der Waals surface area contributed by atoms with Crippen LogP contribution in [0.4, 0.5) is 11.4 Å². The number of hydrogen-bond acceptors (Lipinski definition) is 5. The third kappa shape index (κ3) is 2.69. The highest BCUT2D eigenvalue weighted by atomic mass is 16.6. The Morgan fingerprint density at radius 1 is 1.14 bits per heavy atom. The van der Waals surface area contributed by atoms with Crippen LogP contribution in [0.1, 0.15) is 10.4 Å². The van der Waals surface area contributed by atoms with Gasteiger partial charge in [0.15, 0.2) is 11.5 Å². The Bertz CT molecular complexity index is 700. The first-order valence-corrected chi connectivity index (χ1v) is 6.43. The maximum atomic E-state index is 12.1. The minimum absolute atomic E-state index is 0.0257. The molecular formula is C15H14N2O4. The number of ether oxygens (including phenoxy) is 2. The summed E-state index contributed by atoms with van der Waals surface area (Å²) in [5.41, 5.74) is 7.06. The number of carbonyl (C=O) groups is 1. The van der Waals surface area contributed by atoms with E-state index < -0.39 is 0 Å². The molecule has 2 aromatic rings. The Kier molecular flexibility index (Phi) is 3.27. The number of phenols is 1. The molecule has 6 nitrogen and oxygen atoms in total. The van der Waals surface area contributed by atoms with Gasteiger partial charge in [0.25, 0.3) is 5.91 Å². The number of nitrogens with two attached hydrogens (primary N) is 1. The second-order valence-electron chi connectivity index (χ2n) is 4.59. The number of benzene rings is 2. The minimum atomic E-state index is -0.366. The highest BCUT2D eigenvalue weighted by molar-refractivity contribution is 6.06. The van der Waals surface area contributed by atoms with E-state index in [4.69, 9.17) is 15.2 Å². The van der Waals surface area contributed by atoms with Crippen molar-refractivity contribution in [2.75, 3.05) is 24.3 Å². The van der Waals surface area contributed by atoms with Crippen molar-refractivity contribution >= 4 is 17.3 Å². The van der Waals surface area contributed by atoms with Crippen molar-refractivity contribution in [2.24, 2.45) is 0 Å². The quantitative estimate of drug-likeness (QED) is 0.734. The Labute approximate surface area is 121 Å². The van der Waals surface area contributed by atoms with Gasteiger partial charge >= 0.3 is 0 Å². The molecule has 1 amide bonds. The van der Waals surface area contributed by atoms with Gasteiger partial charge in [0.2, 0.25) is 0 Å². The smallest absolute Gasteiger partial charge is 0.255 e. The number of carbonyl (C=O) groups excluding carboxylic acids is 1. The molecule has 0 fully saturated rings. The van der Waals surface area contributed by atoms with Crippen LogP contribution in [-0.2, 0) is 0 Å². The van der Waals surface area contributed by atoms with Gasteiger partial charge in [-0.1, -0.05) is 6.07 Å². The van der Waals surface area contributed by atoms with E-state index >= 15 is 0 Å². The van der Waals surface area contributed by atoms with Crippen LogP contribution in [0, 0.1) is 0 Å². The number of nitrogens with one attached hydrogen (secondary N) is 1. The number of nitrogen functional groups attached to an aromatic ring is 1. The van der Waals surface area contributed by atoms with Crippen LogP contribution in [-0.4, -0.2) is 24.2 Å². The first kappa shape index (κ1) is 13.1. The zero-order valence-corrected chi connectivity index (χ0v) is 11.1. The van der Waals surface area contributed by atoms with Gasteiger partial charge in [-0.3, -0.25) is 4.79 Å². The van der Waals surface area contributed by atoms with Crippen LogP contribution in [0.5, 0.6) is 17.2 Å². The van der Waals surface area contributed by atoms with E-state index in [9.17, 15) is 9.90 Å². The molecule has 0 saturated heterocycles. The average Bonchev–Trinajstić information content (AvgIpc) is 2.48. The number of amides is 1. The number of anilines is 2. The molecule has 108 valence electrons. The van der Waals surface area contributed by atoms with Gasteiger partial charge in [0, 0.05) is 17.7 Å². The van der Waals surface area contributed by atoms with Gasteiger partial charge in [-0.05, 0) is 18.2 Å². The molecule has 0 atom stereocenters. The van der Waals surface area contributed by atoms with E-state index in [2.05, 4.69) is 5.32 Å². The monoisotopic (exact) mass is 286 g/mol. The molecule has 0 aromatic heterocycles. The molecule has 21 heavy (non-hydrogen) atoms. The molecular weight excluding hydrogens is 272 g/mol. The lowest BCUT2D eigenvalue weighted by atomic mass is 10.2. The SMILES string of the molecule is Nc1cc2c(cc1NC(=O)c1cccc(O)c1)OCCO2. The molecule has 6 heteroatoms. The highest BCUT2D eigenvalue weighted by Crippen LogP contribution is 2.37. The summed E-state index contributed by atoms with van der Waals surface area (Å²) in [6.45, 7) is 0.929. The van der Waals surface area contributed by atoms with Crippen molar-refractivity contribution in [2.45, 2.75) is 0 Å². The van der Waals surface area contributed by atoms with Gasteiger partial charge in [0.1, 0.15) is 19.0 Å². The van der Waals surface area contributed by atoms with Crippen molar-refractivity contribution < 1.29 is 19.4 Å². The molecule has 3 rings (SSSR count). The summed E-state index contributed by atoms with van der Waals surface area (Å²) in [5.74, 6) is 0.767. The zero-order valence-electron chi connectivity index (χ0n) is 11.1. The van der Waals surface area contributed by atoms with Gasteiger partial charge in [0.05, 0.1) is 11.4 Å². The fraction of sp³-hybridized carbons (Fsp3) is 0.133. The summed E-state index contributed by atoms with van der Waals surface area (Å²) < 4.78 is 10.9. The molecule has 0 radical (unpaired) electrons. The lowest BCUT2D eigenvalue weighted by Crippen LogP contribution is -2.17. The third-order valence-corrected chi connectivity index (χ3v) is 3.07. The summed E-state index contributed by atoms with van der Waals surface area (Å²) in [6.07, 6.45) is 0. The lowest BCUT2D eigenvalue weighted by Gasteiger charge is -2.20. The first-order valence-electron chi connectivity index (χ1n) is 6.43. The van der Waals surface area contributed by atoms with Gasteiger partial charge in [-0.25, -0.2) is 0 Å². The molecule has 0 saturated carbocycles. The fourth-order valence-corrected chi connectivity index (χ4v) is 2.05. The van der Waals surface area contributed by atoms with Crippen LogP contribution in [0.3, 0.4) is 0 Å². The Morgan fingerprint density at radius 3 is 2.57 bits per heavy atom. The highest BCUT2D eigenvalue weighted by Gasteiger charge is 2.16. The van der Waals surface area contributed by atoms with Gasteiger partial charge < -0.3 is 25.6 Å². The summed E-state index contributed by atoms with van der Waals surface area (Å²) in [4.78, 5) is 12.1. The van der Waals surface area contributed by atoms with E-state index in [1.165, 1.54) is 12.1 Å². The van der Waals surface area contributed by atoms with E-state index in [0.717, 1.165) is 0 Å². The van der Waals surface area contributed by atoms with Crippen LogP contribution in [0.2, 0.25) is 0 Å². The topological polar surface area (TPSA) is 93.8 Å². The molecule has 0 unspecified atom stereocenters. The first-order chi connectivity index (χ1) is 10.1. The van der Waals surface area contributed by atoms with Crippen molar-refractivity contribution in [3.8, 4) is 17.2 Å². The zero-order chi connectivity index (χ0) is 14.8. The van der Waals surface area contributed by atoms with Crippen molar-refractivity contribution in [1.82, 2.24) is 0 Å². The van der Waals surface area contributed by atoms with Gasteiger partial charge in [-0.15, -0.1) is 0 Å². The van der Waals surface area contributed by atoms with Crippen LogP contribution in [0.25, 0.3) is 0 Å². The molecule has 2 aromatic carbocycles. The number of fused-ring (bicyclic) bond motifs is 1. The fourth-order valence-electron chi connectivity index (χ4n) is 2.05. The van der Waals surface area contributed by atoms with Crippen LogP contribution in [0.15, 0.2) is 36.4 Å². The standard InChI is InChI=1S/C15H14N2O4/c16-11-7-13-14(21-5-4-20-13)8-12(11)17-15(19)9-2-1-3-10(18)6-9/h1-3,6-8,18H,4-5,16H2,(H,17,19). The molecule has 4 N–H and O–H groups in total. The Balaban J connectivity index is 1.86. The molecule has 0 aliphatic carbocycles. The second-order valence-corrected chi connectivity index (χ2v) is 4.59. The minimum Gasteiger partial charge on any atom is -0.508 e. The molecule has 1 aliphatic heterocycles. The maximum absolute atomic E-state index is 12.1. The summed E-state index contributed by atoms with van der Waals surface area (Å²) in [5, 5.41) is 12.1. The molecule has 0 bridgehead atoms. The number of hydrogen-bond donors (Lipinski definition) is 3. The van der Waals surface area contributed by atoms with Crippen molar-refractivity contribution in [3.05, 3.63) is 42.0 Å². The summed E-state index contributed by atoms with van der Waals surface area (Å²) in [7, 11) is 0. The van der Waals surface area contributed by atoms with E-state index in [1.807, 2.05) is 0 Å². The van der Waals surface area contributed by atoms with Crippen molar-refractivity contribution in [1.29, 1.82) is 0 Å². The Morgan fingerprint density at radius 2 is 1.86 bits per heavy atom. The lowest BCUT2D eigenvalue weighted by molar-refractivity contribution is 0.102. The average molecular weight is 286 g/mol. The van der Waals surface area contributed by atoms with Crippen LogP contribution >= 0.6 is 0 Å². The van der Waals surface area contributed by atoms with E-state index in [1.54, 1.807) is 24.3 Å². The van der Waals surface area contributed by atoms with Crippen molar-refractivity contribution in [3.63, 3.8) is 0 Å². The largest absolute Gasteiger partial charge is 0.508 e. The Hall–Kier alpha value is -2.89. The molecule has 0 spiro atoms. The summed E-state index contributed by atoms with van der Waals surface area (Å²) >= 11 is 0. The third-order valence-electron chi connectivity index (χ3n) is 3.07.